The lowest BCUT2D eigenvalue weighted by Gasteiger charge is -2.34. The second-order valence-corrected chi connectivity index (χ2v) is 11.1. The minimum atomic E-state index is -0.584. The Hall–Kier alpha value is -3.30. The molecular formula is C28H39N7O2. The van der Waals surface area contributed by atoms with Gasteiger partial charge >= 0.3 is 0 Å². The number of hydrogen-bond acceptors (Lipinski definition) is 7. The summed E-state index contributed by atoms with van der Waals surface area (Å²) in [6.07, 6.45) is 4.61. The Bertz CT molecular complexity index is 1150. The van der Waals surface area contributed by atoms with E-state index < -0.39 is 17.7 Å². The second-order valence-electron chi connectivity index (χ2n) is 11.1. The average molecular weight is 506 g/mol. The van der Waals surface area contributed by atoms with Crippen molar-refractivity contribution >= 4 is 24.7 Å². The van der Waals surface area contributed by atoms with Gasteiger partial charge in [-0.15, -0.1) is 0 Å². The topological polar surface area (TPSA) is 96.1 Å². The van der Waals surface area contributed by atoms with Crippen molar-refractivity contribution in [1.29, 1.82) is 0 Å². The number of aliphatic imine (C=N–C) groups is 1. The number of benzene rings is 1. The highest BCUT2D eigenvalue weighted by Gasteiger charge is 2.35. The van der Waals surface area contributed by atoms with E-state index in [1.165, 1.54) is 11.2 Å². The maximum absolute atomic E-state index is 13.3. The Morgan fingerprint density at radius 2 is 1.86 bits per heavy atom. The zero-order valence-electron chi connectivity index (χ0n) is 22.6. The minimum absolute atomic E-state index is 0.222. The van der Waals surface area contributed by atoms with Gasteiger partial charge in [-0.3, -0.25) is 9.79 Å². The lowest BCUT2D eigenvalue weighted by Crippen LogP contribution is -2.35. The van der Waals surface area contributed by atoms with Crippen LogP contribution in [0.2, 0.25) is 0 Å². The Morgan fingerprint density at radius 1 is 1.19 bits per heavy atom. The van der Waals surface area contributed by atoms with Crippen molar-refractivity contribution < 1.29 is 9.53 Å². The first-order chi connectivity index (χ1) is 17.5. The van der Waals surface area contributed by atoms with Crippen LogP contribution in [0.25, 0.3) is 5.69 Å². The van der Waals surface area contributed by atoms with Crippen molar-refractivity contribution in [2.75, 3.05) is 18.4 Å². The van der Waals surface area contributed by atoms with Gasteiger partial charge < -0.3 is 15.4 Å². The van der Waals surface area contributed by atoms with Crippen molar-refractivity contribution in [3.05, 3.63) is 54.4 Å². The minimum Gasteiger partial charge on any atom is -0.365 e. The van der Waals surface area contributed by atoms with E-state index in [0.717, 1.165) is 42.9 Å². The zero-order valence-corrected chi connectivity index (χ0v) is 22.6. The molecule has 0 aliphatic carbocycles. The summed E-state index contributed by atoms with van der Waals surface area (Å²) in [5, 5.41) is 17.2. The van der Waals surface area contributed by atoms with Crippen molar-refractivity contribution in [2.45, 2.75) is 70.7 Å². The number of aromatic nitrogens is 2. The molecule has 2 unspecified atom stereocenters. The molecule has 0 radical (unpaired) electrons. The van der Waals surface area contributed by atoms with Gasteiger partial charge in [0.25, 0.3) is 0 Å². The van der Waals surface area contributed by atoms with Crippen LogP contribution in [-0.2, 0) is 15.1 Å². The molecular weight excluding hydrogens is 466 g/mol. The van der Waals surface area contributed by atoms with E-state index in [0.29, 0.717) is 11.7 Å². The maximum atomic E-state index is 13.3. The van der Waals surface area contributed by atoms with Gasteiger partial charge in [-0.2, -0.15) is 10.2 Å². The Morgan fingerprint density at radius 3 is 2.46 bits per heavy atom. The molecule has 2 atom stereocenters. The van der Waals surface area contributed by atoms with E-state index in [2.05, 4.69) is 80.8 Å². The molecule has 198 valence electrons. The highest BCUT2D eigenvalue weighted by atomic mass is 16.5. The molecule has 1 fully saturated rings. The number of carbonyl (C=O) groups excluding carboxylic acids is 1. The molecule has 2 N–H and O–H groups in total. The van der Waals surface area contributed by atoms with E-state index in [1.807, 2.05) is 22.9 Å². The number of nitrogens with zero attached hydrogens (tertiary/aromatic N) is 5. The standard InChI is InChI=1S/C28H39N7O2/c1-8-34-25(29-7)22(18-31-34)26(36)32-24-17-23(19-13-15-30-16-14-19)33-35(24)21-11-9-20(10-12-21)28(5,6)37-27(2,3)4/h8-12,17-19,22,25,30H,1,7,13-16H2,2-6H3,(H,32,36). The number of nitrogens with one attached hydrogen (secondary N) is 2. The molecule has 0 spiro atoms. The normalized spacial score (nSPS) is 20.7. The van der Waals surface area contributed by atoms with Crippen LogP contribution in [0, 0.1) is 5.92 Å². The molecule has 2 aliphatic rings. The first-order valence-corrected chi connectivity index (χ1v) is 12.9. The highest BCUT2D eigenvalue weighted by molar-refractivity contribution is 6.03. The number of amides is 1. The van der Waals surface area contributed by atoms with Crippen LogP contribution in [0.15, 0.2) is 53.2 Å². The number of carbonyl (C=O) groups is 1. The molecule has 1 saturated heterocycles. The third kappa shape index (κ3) is 5.99. The van der Waals surface area contributed by atoms with Gasteiger partial charge in [0.1, 0.15) is 11.7 Å². The lowest BCUT2D eigenvalue weighted by atomic mass is 9.95. The third-order valence-corrected chi connectivity index (χ3v) is 6.74. The van der Waals surface area contributed by atoms with Crippen molar-refractivity contribution in [1.82, 2.24) is 20.1 Å². The molecule has 0 saturated carbocycles. The van der Waals surface area contributed by atoms with Crippen LogP contribution in [0.4, 0.5) is 5.82 Å². The summed E-state index contributed by atoms with van der Waals surface area (Å²) < 4.78 is 8.10. The number of ether oxygens (including phenoxy) is 1. The fraction of sp³-hybridized carbons (Fsp3) is 0.500. The van der Waals surface area contributed by atoms with Crippen LogP contribution in [0.5, 0.6) is 0 Å². The summed E-state index contributed by atoms with van der Waals surface area (Å²) in [5.41, 5.74) is 2.17. The highest BCUT2D eigenvalue weighted by Crippen LogP contribution is 2.32. The van der Waals surface area contributed by atoms with Crippen molar-refractivity contribution in [3.63, 3.8) is 0 Å². The van der Waals surface area contributed by atoms with Crippen molar-refractivity contribution in [3.8, 4) is 5.69 Å². The molecule has 9 heteroatoms. The smallest absolute Gasteiger partial charge is 0.238 e. The molecule has 2 aliphatic heterocycles. The molecule has 37 heavy (non-hydrogen) atoms. The SMILES string of the molecule is C=CN1N=CC(C(=O)Nc2cc(C3CCNCC3)nn2-c2ccc(C(C)(C)OC(C)(C)C)cc2)C1N=C. The fourth-order valence-electron chi connectivity index (χ4n) is 5.05. The van der Waals surface area contributed by atoms with Gasteiger partial charge in [0.15, 0.2) is 6.17 Å². The van der Waals surface area contributed by atoms with Gasteiger partial charge in [-0.05, 0) is 85.0 Å². The largest absolute Gasteiger partial charge is 0.365 e. The van der Waals surface area contributed by atoms with Gasteiger partial charge in [-0.25, -0.2) is 9.69 Å². The monoisotopic (exact) mass is 505 g/mol. The number of hydrazone groups is 1. The lowest BCUT2D eigenvalue weighted by molar-refractivity contribution is -0.119. The molecule has 4 rings (SSSR count). The van der Waals surface area contributed by atoms with Gasteiger partial charge in [0, 0.05) is 24.4 Å². The maximum Gasteiger partial charge on any atom is 0.238 e. The average Bonchev–Trinajstić information content (AvgIpc) is 3.47. The molecule has 1 aromatic carbocycles. The molecule has 1 aromatic heterocycles. The van der Waals surface area contributed by atoms with Crippen LogP contribution < -0.4 is 10.6 Å². The van der Waals surface area contributed by atoms with Gasteiger partial charge in [0.2, 0.25) is 5.91 Å². The predicted molar refractivity (Wildman–Crippen MR) is 148 cm³/mol. The summed E-state index contributed by atoms with van der Waals surface area (Å²) in [6.45, 7) is 19.6. The summed E-state index contributed by atoms with van der Waals surface area (Å²) in [5.74, 6) is 0.145. The van der Waals surface area contributed by atoms with Crippen LogP contribution in [-0.4, -0.2) is 58.5 Å². The van der Waals surface area contributed by atoms with Crippen LogP contribution in [0.1, 0.15) is 64.6 Å². The Balaban J connectivity index is 1.64. The molecule has 3 heterocycles. The molecule has 1 amide bonds. The van der Waals surface area contributed by atoms with E-state index in [9.17, 15) is 4.79 Å². The zero-order chi connectivity index (χ0) is 26.8. The summed E-state index contributed by atoms with van der Waals surface area (Å²) >= 11 is 0. The van der Waals surface area contributed by atoms with Gasteiger partial charge in [-0.1, -0.05) is 18.7 Å². The fourth-order valence-corrected chi connectivity index (χ4v) is 5.05. The number of rotatable bonds is 8. The van der Waals surface area contributed by atoms with E-state index in [-0.39, 0.29) is 11.5 Å². The first-order valence-electron chi connectivity index (χ1n) is 12.9. The summed E-state index contributed by atoms with van der Waals surface area (Å²) in [7, 11) is 0. The Labute approximate surface area is 219 Å². The quantitative estimate of drug-likeness (QED) is 0.518. The third-order valence-electron chi connectivity index (χ3n) is 6.74. The molecule has 2 aromatic rings. The van der Waals surface area contributed by atoms with Crippen molar-refractivity contribution in [2.24, 2.45) is 16.0 Å². The second kappa shape index (κ2) is 10.6. The first kappa shape index (κ1) is 26.8. The van der Waals surface area contributed by atoms with Crippen LogP contribution in [0.3, 0.4) is 0 Å². The van der Waals surface area contributed by atoms with E-state index in [4.69, 9.17) is 9.84 Å². The predicted octanol–water partition coefficient (Wildman–Crippen LogP) is 4.42. The van der Waals surface area contributed by atoms with Crippen LogP contribution >= 0.6 is 0 Å². The summed E-state index contributed by atoms with van der Waals surface area (Å²) in [4.78, 5) is 17.4. The Kier molecular flexibility index (Phi) is 7.66. The molecule has 9 nitrogen and oxygen atoms in total. The van der Waals surface area contributed by atoms with E-state index >= 15 is 0 Å². The number of hydrogen-bond donors (Lipinski definition) is 2. The number of anilines is 1. The van der Waals surface area contributed by atoms with Gasteiger partial charge in [0.05, 0.1) is 22.6 Å². The van der Waals surface area contributed by atoms with E-state index in [1.54, 1.807) is 6.21 Å². The molecule has 0 bridgehead atoms. The summed E-state index contributed by atoms with van der Waals surface area (Å²) in [6, 6.07) is 10.1. The number of piperidine rings is 1.